The largest absolute Gasteiger partial charge is 0.480 e. The molecule has 0 aromatic heterocycles. The summed E-state index contributed by atoms with van der Waals surface area (Å²) in [5.41, 5.74) is -1.51. The van der Waals surface area contributed by atoms with Gasteiger partial charge in [-0.1, -0.05) is 29.8 Å². The van der Waals surface area contributed by atoms with Crippen LogP contribution in [0.4, 0.5) is 0 Å². The molecule has 0 bridgehead atoms. The summed E-state index contributed by atoms with van der Waals surface area (Å²) >= 11 is 3.23. The maximum absolute atomic E-state index is 12.5. The fraction of sp³-hybridized carbons (Fsp3) is 0.462. The lowest BCUT2D eigenvalue weighted by Crippen LogP contribution is -2.56. The number of hydrogen-bond acceptors (Lipinski definition) is 3. The first-order valence-corrected chi connectivity index (χ1v) is 8.26. The van der Waals surface area contributed by atoms with Crippen LogP contribution in [-0.4, -0.2) is 36.4 Å². The molecule has 0 aliphatic rings. The van der Waals surface area contributed by atoms with Gasteiger partial charge in [0.15, 0.2) is 0 Å². The van der Waals surface area contributed by atoms with Gasteiger partial charge in [0.1, 0.15) is 5.54 Å². The molecule has 5 nitrogen and oxygen atoms in total. The van der Waals surface area contributed by atoms with Gasteiger partial charge in [-0.15, -0.1) is 0 Å². The number of carboxylic acid groups (broad SMARTS) is 1. The molecule has 0 fully saturated rings. The Balaban J connectivity index is 3.34. The number of sulfonamides is 1. The third-order valence-electron chi connectivity index (χ3n) is 3.68. The second kappa shape index (κ2) is 5.83. The van der Waals surface area contributed by atoms with Gasteiger partial charge in [0.05, 0.1) is 4.90 Å². The standard InChI is InChI=1S/C13H18BrNO4S/c1-9(2)13(3,12(16)17)15(4)20(18,19)11-7-5-10(14)6-8-11/h5-9H,1-4H3,(H,16,17)/t13-/m0/s1. The van der Waals surface area contributed by atoms with Crippen LogP contribution >= 0.6 is 15.9 Å². The molecular weight excluding hydrogens is 346 g/mol. The van der Waals surface area contributed by atoms with Gasteiger partial charge in [0.25, 0.3) is 0 Å². The first kappa shape index (κ1) is 17.1. The van der Waals surface area contributed by atoms with Crippen molar-refractivity contribution in [2.45, 2.75) is 31.2 Å². The lowest BCUT2D eigenvalue weighted by Gasteiger charge is -2.37. The fourth-order valence-electron chi connectivity index (χ4n) is 1.76. The highest BCUT2D eigenvalue weighted by Crippen LogP contribution is 2.30. The SMILES string of the molecule is CC(C)[C@@](C)(C(=O)O)N(C)S(=O)(=O)c1ccc(Br)cc1. The molecule has 0 aliphatic carbocycles. The van der Waals surface area contributed by atoms with Crippen molar-refractivity contribution in [3.8, 4) is 0 Å². The van der Waals surface area contributed by atoms with Crippen LogP contribution in [0, 0.1) is 5.92 Å². The van der Waals surface area contributed by atoms with Crippen molar-refractivity contribution in [3.63, 3.8) is 0 Å². The van der Waals surface area contributed by atoms with Crippen molar-refractivity contribution in [3.05, 3.63) is 28.7 Å². The zero-order chi connectivity index (χ0) is 15.7. The highest BCUT2D eigenvalue weighted by molar-refractivity contribution is 9.10. The second-order valence-electron chi connectivity index (χ2n) is 5.03. The molecule has 0 heterocycles. The number of halogens is 1. The number of benzene rings is 1. The lowest BCUT2D eigenvalue weighted by molar-refractivity contribution is -0.149. The molecule has 1 N–H and O–H groups in total. The Labute approximate surface area is 127 Å². The molecule has 0 radical (unpaired) electrons. The predicted octanol–water partition coefficient (Wildman–Crippen LogP) is 2.57. The number of aliphatic carboxylic acids is 1. The van der Waals surface area contributed by atoms with Gasteiger partial charge < -0.3 is 5.11 Å². The van der Waals surface area contributed by atoms with Gasteiger partial charge in [0, 0.05) is 11.5 Å². The van der Waals surface area contributed by atoms with Crippen LogP contribution in [-0.2, 0) is 14.8 Å². The first-order valence-electron chi connectivity index (χ1n) is 6.02. The topological polar surface area (TPSA) is 74.7 Å². The van der Waals surface area contributed by atoms with Crippen molar-refractivity contribution < 1.29 is 18.3 Å². The summed E-state index contributed by atoms with van der Waals surface area (Å²) in [6, 6.07) is 6.10. The summed E-state index contributed by atoms with van der Waals surface area (Å²) in [6.07, 6.45) is 0. The van der Waals surface area contributed by atoms with E-state index in [1.165, 1.54) is 26.1 Å². The van der Waals surface area contributed by atoms with Crippen LogP contribution < -0.4 is 0 Å². The minimum Gasteiger partial charge on any atom is -0.480 e. The Hall–Kier alpha value is -0.920. The second-order valence-corrected chi connectivity index (χ2v) is 7.92. The highest BCUT2D eigenvalue weighted by atomic mass is 79.9. The Bertz CT molecular complexity index is 597. The van der Waals surface area contributed by atoms with Crippen molar-refractivity contribution in [1.82, 2.24) is 4.31 Å². The molecule has 0 unspecified atom stereocenters. The number of carboxylic acids is 1. The fourth-order valence-corrected chi connectivity index (χ4v) is 3.61. The Morgan fingerprint density at radius 2 is 1.75 bits per heavy atom. The molecule has 0 saturated heterocycles. The van der Waals surface area contributed by atoms with E-state index in [0.717, 1.165) is 8.78 Å². The monoisotopic (exact) mass is 363 g/mol. The maximum atomic E-state index is 12.5. The van der Waals surface area contributed by atoms with Crippen molar-refractivity contribution in [1.29, 1.82) is 0 Å². The Morgan fingerprint density at radius 1 is 1.30 bits per heavy atom. The number of hydrogen-bond donors (Lipinski definition) is 1. The molecule has 1 aromatic rings. The summed E-state index contributed by atoms with van der Waals surface area (Å²) in [5.74, 6) is -1.55. The smallest absolute Gasteiger partial charge is 0.325 e. The van der Waals surface area contributed by atoms with Gasteiger partial charge in [-0.2, -0.15) is 4.31 Å². The van der Waals surface area contributed by atoms with E-state index in [1.54, 1.807) is 26.0 Å². The summed E-state index contributed by atoms with van der Waals surface area (Å²) in [7, 11) is -2.57. The number of carbonyl (C=O) groups is 1. The molecule has 0 amide bonds. The number of rotatable bonds is 5. The van der Waals surface area contributed by atoms with Crippen LogP contribution in [0.5, 0.6) is 0 Å². The molecule has 0 aliphatic heterocycles. The average molecular weight is 364 g/mol. The van der Waals surface area contributed by atoms with E-state index < -0.39 is 21.5 Å². The molecule has 1 atom stereocenters. The van der Waals surface area contributed by atoms with Crippen LogP contribution in [0.1, 0.15) is 20.8 Å². The van der Waals surface area contributed by atoms with E-state index in [1.807, 2.05) is 0 Å². The molecule has 20 heavy (non-hydrogen) atoms. The number of likely N-dealkylation sites (N-methyl/N-ethyl adjacent to an activating group) is 1. The van der Waals surface area contributed by atoms with Crippen LogP contribution in [0.2, 0.25) is 0 Å². The van der Waals surface area contributed by atoms with E-state index >= 15 is 0 Å². The molecular formula is C13H18BrNO4S. The van der Waals surface area contributed by atoms with E-state index in [9.17, 15) is 18.3 Å². The van der Waals surface area contributed by atoms with Crippen molar-refractivity contribution in [2.24, 2.45) is 5.92 Å². The Morgan fingerprint density at radius 3 is 2.10 bits per heavy atom. The highest BCUT2D eigenvalue weighted by Gasteiger charge is 2.46. The van der Waals surface area contributed by atoms with E-state index in [4.69, 9.17) is 0 Å². The normalized spacial score (nSPS) is 15.3. The Kier molecular flexibility index (Phi) is 4.99. The zero-order valence-corrected chi connectivity index (χ0v) is 14.2. The summed E-state index contributed by atoms with van der Waals surface area (Å²) in [5, 5.41) is 9.41. The van der Waals surface area contributed by atoms with Gasteiger partial charge in [-0.05, 0) is 37.1 Å². The van der Waals surface area contributed by atoms with Crippen LogP contribution in [0.15, 0.2) is 33.6 Å². The minimum absolute atomic E-state index is 0.0660. The summed E-state index contributed by atoms with van der Waals surface area (Å²) in [6.45, 7) is 4.78. The van der Waals surface area contributed by atoms with Gasteiger partial charge in [0.2, 0.25) is 10.0 Å². The lowest BCUT2D eigenvalue weighted by atomic mass is 9.89. The van der Waals surface area contributed by atoms with Gasteiger partial charge in [-0.25, -0.2) is 8.42 Å². The minimum atomic E-state index is -3.87. The molecule has 1 aromatic carbocycles. The van der Waals surface area contributed by atoms with Gasteiger partial charge >= 0.3 is 5.97 Å². The van der Waals surface area contributed by atoms with Crippen molar-refractivity contribution in [2.75, 3.05) is 7.05 Å². The first-order chi connectivity index (χ1) is 9.04. The van der Waals surface area contributed by atoms with Gasteiger partial charge in [-0.3, -0.25) is 4.79 Å². The van der Waals surface area contributed by atoms with Crippen LogP contribution in [0.25, 0.3) is 0 Å². The average Bonchev–Trinajstić information content (AvgIpc) is 2.36. The quantitative estimate of drug-likeness (QED) is 0.872. The zero-order valence-electron chi connectivity index (χ0n) is 11.8. The predicted molar refractivity (Wildman–Crippen MR) is 80.0 cm³/mol. The summed E-state index contributed by atoms with van der Waals surface area (Å²) < 4.78 is 26.8. The molecule has 112 valence electrons. The molecule has 7 heteroatoms. The van der Waals surface area contributed by atoms with E-state index in [-0.39, 0.29) is 10.8 Å². The number of nitrogens with zero attached hydrogens (tertiary/aromatic N) is 1. The summed E-state index contributed by atoms with van der Waals surface area (Å²) in [4.78, 5) is 11.6. The van der Waals surface area contributed by atoms with E-state index in [2.05, 4.69) is 15.9 Å². The molecule has 0 spiro atoms. The van der Waals surface area contributed by atoms with Crippen LogP contribution in [0.3, 0.4) is 0 Å². The van der Waals surface area contributed by atoms with E-state index in [0.29, 0.717) is 0 Å². The molecule has 1 rings (SSSR count). The maximum Gasteiger partial charge on any atom is 0.325 e. The third kappa shape index (κ3) is 2.89. The van der Waals surface area contributed by atoms with Crippen molar-refractivity contribution >= 4 is 31.9 Å². The molecule has 0 saturated carbocycles. The third-order valence-corrected chi connectivity index (χ3v) is 6.18.